The molecule has 0 radical (unpaired) electrons. The normalized spacial score (nSPS) is 43.1. The largest absolute Gasteiger partial charge is 0.461 e. The first-order chi connectivity index (χ1) is 7.71. The molecule has 0 amide bonds. The molecule has 17 heavy (non-hydrogen) atoms. The third-order valence-corrected chi connectivity index (χ3v) is 5.51. The van der Waals surface area contributed by atoms with Gasteiger partial charge in [-0.25, -0.2) is 0 Å². The van der Waals surface area contributed by atoms with Crippen LogP contribution in [0, 0.1) is 22.7 Å². The molecule has 3 nitrogen and oxygen atoms in total. The average molecular weight is 240 g/mol. The van der Waals surface area contributed by atoms with Crippen LogP contribution >= 0.6 is 0 Å². The number of rotatable bonds is 2. The minimum Gasteiger partial charge on any atom is -0.461 e. The first kappa shape index (κ1) is 12.9. The van der Waals surface area contributed by atoms with Crippen molar-refractivity contribution >= 4 is 5.97 Å². The highest BCUT2D eigenvalue weighted by Crippen LogP contribution is 2.66. The summed E-state index contributed by atoms with van der Waals surface area (Å²) >= 11 is 0. The standard InChI is InChI=1S/C14H24O3/c1-8(2)12(16)17-11-7-9-6-10(15)14(11,5)13(9,3)4/h8-11,15H,6-7H2,1-5H3. The number of carbonyl (C=O) groups is 1. The summed E-state index contributed by atoms with van der Waals surface area (Å²) in [5, 5.41) is 10.2. The summed E-state index contributed by atoms with van der Waals surface area (Å²) in [6, 6.07) is 0. The molecule has 2 fully saturated rings. The van der Waals surface area contributed by atoms with Crippen molar-refractivity contribution in [3.63, 3.8) is 0 Å². The van der Waals surface area contributed by atoms with Crippen LogP contribution in [-0.4, -0.2) is 23.3 Å². The van der Waals surface area contributed by atoms with Crippen molar-refractivity contribution in [2.45, 2.75) is 59.7 Å². The van der Waals surface area contributed by atoms with E-state index in [0.29, 0.717) is 5.92 Å². The Kier molecular flexibility index (Phi) is 2.81. The van der Waals surface area contributed by atoms with Crippen LogP contribution < -0.4 is 0 Å². The van der Waals surface area contributed by atoms with Gasteiger partial charge in [0.25, 0.3) is 0 Å². The molecular formula is C14H24O3. The van der Waals surface area contributed by atoms with E-state index in [1.165, 1.54) is 0 Å². The van der Waals surface area contributed by atoms with Gasteiger partial charge in [-0.15, -0.1) is 0 Å². The van der Waals surface area contributed by atoms with Crippen molar-refractivity contribution in [2.24, 2.45) is 22.7 Å². The Labute approximate surface area is 104 Å². The number of fused-ring (bicyclic) bond motifs is 2. The van der Waals surface area contributed by atoms with Crippen LogP contribution in [0.1, 0.15) is 47.5 Å². The summed E-state index contributed by atoms with van der Waals surface area (Å²) in [7, 11) is 0. The Morgan fingerprint density at radius 1 is 1.29 bits per heavy atom. The number of esters is 1. The van der Waals surface area contributed by atoms with Gasteiger partial charge in [-0.05, 0) is 24.2 Å². The number of ether oxygens (including phenoxy) is 1. The first-order valence-corrected chi connectivity index (χ1v) is 6.59. The summed E-state index contributed by atoms with van der Waals surface area (Å²) in [6.07, 6.45) is 1.28. The second kappa shape index (κ2) is 3.71. The van der Waals surface area contributed by atoms with Crippen molar-refractivity contribution in [2.75, 3.05) is 0 Å². The topological polar surface area (TPSA) is 46.5 Å². The predicted molar refractivity (Wildman–Crippen MR) is 65.3 cm³/mol. The molecule has 4 atom stereocenters. The molecule has 2 rings (SSSR count). The Morgan fingerprint density at radius 3 is 2.29 bits per heavy atom. The Bertz CT molecular complexity index is 334. The smallest absolute Gasteiger partial charge is 0.308 e. The van der Waals surface area contributed by atoms with Gasteiger partial charge in [-0.2, -0.15) is 0 Å². The molecule has 0 aromatic carbocycles. The fourth-order valence-electron chi connectivity index (χ4n) is 3.65. The van der Waals surface area contributed by atoms with Gasteiger partial charge in [0.15, 0.2) is 0 Å². The van der Waals surface area contributed by atoms with E-state index in [9.17, 15) is 9.90 Å². The first-order valence-electron chi connectivity index (χ1n) is 6.59. The maximum absolute atomic E-state index is 11.7. The van der Waals surface area contributed by atoms with E-state index >= 15 is 0 Å². The highest BCUT2D eigenvalue weighted by atomic mass is 16.5. The van der Waals surface area contributed by atoms with E-state index in [1.807, 2.05) is 13.8 Å². The van der Waals surface area contributed by atoms with E-state index in [4.69, 9.17) is 4.74 Å². The zero-order chi connectivity index (χ0) is 13.0. The number of aliphatic hydroxyl groups excluding tert-OH is 1. The summed E-state index contributed by atoms with van der Waals surface area (Å²) in [6.45, 7) is 10.1. The SMILES string of the molecule is CC(C)C(=O)OC1CC2CC(O)C1(C)C2(C)C. The lowest BCUT2D eigenvalue weighted by molar-refractivity contribution is -0.167. The van der Waals surface area contributed by atoms with Crippen LogP contribution in [0.25, 0.3) is 0 Å². The quantitative estimate of drug-likeness (QED) is 0.754. The zero-order valence-electron chi connectivity index (χ0n) is 11.5. The lowest BCUT2D eigenvalue weighted by Crippen LogP contribution is -2.46. The lowest BCUT2D eigenvalue weighted by atomic mass is 9.69. The second-order valence-corrected chi connectivity index (χ2v) is 6.77. The second-order valence-electron chi connectivity index (χ2n) is 6.77. The molecule has 2 saturated carbocycles. The van der Waals surface area contributed by atoms with Gasteiger partial charge in [0, 0.05) is 5.41 Å². The molecule has 0 saturated heterocycles. The van der Waals surface area contributed by atoms with Crippen LogP contribution in [0.2, 0.25) is 0 Å². The lowest BCUT2D eigenvalue weighted by Gasteiger charge is -2.41. The highest BCUT2D eigenvalue weighted by molar-refractivity contribution is 5.71. The molecule has 1 N–H and O–H groups in total. The number of aliphatic hydroxyl groups is 1. The third-order valence-electron chi connectivity index (χ3n) is 5.51. The maximum Gasteiger partial charge on any atom is 0.308 e. The minimum atomic E-state index is -0.346. The summed E-state index contributed by atoms with van der Waals surface area (Å²) < 4.78 is 5.62. The third kappa shape index (κ3) is 1.55. The Balaban J connectivity index is 2.20. The zero-order valence-corrected chi connectivity index (χ0v) is 11.5. The van der Waals surface area contributed by atoms with E-state index in [2.05, 4.69) is 20.8 Å². The van der Waals surface area contributed by atoms with Crippen LogP contribution in [-0.2, 0) is 9.53 Å². The molecule has 0 aliphatic heterocycles. The predicted octanol–water partition coefficient (Wildman–Crippen LogP) is 2.37. The van der Waals surface area contributed by atoms with E-state index in [1.54, 1.807) is 0 Å². The van der Waals surface area contributed by atoms with Gasteiger partial charge < -0.3 is 9.84 Å². The van der Waals surface area contributed by atoms with Crippen molar-refractivity contribution in [1.29, 1.82) is 0 Å². The summed E-state index contributed by atoms with van der Waals surface area (Å²) in [5.41, 5.74) is -0.240. The summed E-state index contributed by atoms with van der Waals surface area (Å²) in [4.78, 5) is 11.7. The number of hydrogen-bond donors (Lipinski definition) is 1. The fraction of sp³-hybridized carbons (Fsp3) is 0.929. The van der Waals surface area contributed by atoms with Crippen molar-refractivity contribution < 1.29 is 14.6 Å². The van der Waals surface area contributed by atoms with Gasteiger partial charge in [0.1, 0.15) is 6.10 Å². The molecule has 0 aromatic heterocycles. The molecule has 2 aliphatic carbocycles. The van der Waals surface area contributed by atoms with Crippen LogP contribution in [0.3, 0.4) is 0 Å². The van der Waals surface area contributed by atoms with Crippen molar-refractivity contribution in [1.82, 2.24) is 0 Å². The molecule has 2 aliphatic rings. The average Bonchev–Trinajstić information content (AvgIpc) is 2.49. The molecular weight excluding hydrogens is 216 g/mol. The molecule has 3 heteroatoms. The van der Waals surface area contributed by atoms with Crippen molar-refractivity contribution in [3.05, 3.63) is 0 Å². The van der Waals surface area contributed by atoms with E-state index < -0.39 is 0 Å². The van der Waals surface area contributed by atoms with E-state index in [0.717, 1.165) is 12.8 Å². The van der Waals surface area contributed by atoms with Gasteiger partial charge in [-0.3, -0.25) is 4.79 Å². The number of carbonyl (C=O) groups excluding carboxylic acids is 1. The molecule has 0 spiro atoms. The van der Waals surface area contributed by atoms with E-state index in [-0.39, 0.29) is 34.9 Å². The molecule has 0 aromatic rings. The molecule has 4 unspecified atom stereocenters. The Hall–Kier alpha value is -0.570. The van der Waals surface area contributed by atoms with Gasteiger partial charge in [0.2, 0.25) is 0 Å². The van der Waals surface area contributed by atoms with Crippen LogP contribution in [0.5, 0.6) is 0 Å². The molecule has 0 heterocycles. The number of hydrogen-bond acceptors (Lipinski definition) is 3. The monoisotopic (exact) mass is 240 g/mol. The maximum atomic E-state index is 11.7. The van der Waals surface area contributed by atoms with Crippen LogP contribution in [0.15, 0.2) is 0 Å². The Morgan fingerprint density at radius 2 is 1.88 bits per heavy atom. The van der Waals surface area contributed by atoms with Crippen LogP contribution in [0.4, 0.5) is 0 Å². The summed E-state index contributed by atoms with van der Waals surface area (Å²) in [5.74, 6) is 0.220. The van der Waals surface area contributed by atoms with Gasteiger partial charge in [0.05, 0.1) is 12.0 Å². The fourth-order valence-corrected chi connectivity index (χ4v) is 3.65. The van der Waals surface area contributed by atoms with Gasteiger partial charge in [-0.1, -0.05) is 34.6 Å². The highest BCUT2D eigenvalue weighted by Gasteiger charge is 2.67. The van der Waals surface area contributed by atoms with Gasteiger partial charge >= 0.3 is 5.97 Å². The molecule has 98 valence electrons. The molecule has 2 bridgehead atoms. The van der Waals surface area contributed by atoms with Crippen molar-refractivity contribution in [3.8, 4) is 0 Å². The minimum absolute atomic E-state index is 0.0499.